The maximum Gasteiger partial charge on any atom is 0.260 e. The quantitative estimate of drug-likeness (QED) is 0.400. The molecule has 3 rings (SSSR count). The molecule has 7 nitrogen and oxygen atoms in total. The molecule has 0 aromatic heterocycles. The van der Waals surface area contributed by atoms with Gasteiger partial charge >= 0.3 is 0 Å². The van der Waals surface area contributed by atoms with Gasteiger partial charge in [-0.2, -0.15) is 0 Å². The average Bonchev–Trinajstić information content (AvgIpc) is 2.73. The van der Waals surface area contributed by atoms with Crippen LogP contribution in [-0.4, -0.2) is 32.2 Å². The zero-order chi connectivity index (χ0) is 20.1. The predicted molar refractivity (Wildman–Crippen MR) is 102 cm³/mol. The fourth-order valence-electron chi connectivity index (χ4n) is 3.08. The van der Waals surface area contributed by atoms with Crippen LogP contribution in [0, 0.1) is 11.8 Å². The highest BCUT2D eigenvalue weighted by Crippen LogP contribution is 2.33. The van der Waals surface area contributed by atoms with Crippen molar-refractivity contribution in [3.8, 4) is 17.6 Å². The van der Waals surface area contributed by atoms with Gasteiger partial charge in [0.05, 0.1) is 10.9 Å². The second kappa shape index (κ2) is 8.44. The van der Waals surface area contributed by atoms with Crippen molar-refractivity contribution >= 4 is 15.7 Å². The number of nitrogens with one attached hydrogen (secondary N) is 2. The molecule has 0 saturated heterocycles. The number of carbonyl (C=O) groups is 1. The van der Waals surface area contributed by atoms with Crippen molar-refractivity contribution in [2.75, 3.05) is 6.61 Å². The monoisotopic (exact) mass is 400 g/mol. The van der Waals surface area contributed by atoms with E-state index in [1.165, 1.54) is 12.1 Å². The number of sulfone groups is 1. The lowest BCUT2D eigenvalue weighted by molar-refractivity contribution is -0.131. The predicted octanol–water partition coefficient (Wildman–Crippen LogP) is 1.58. The third-order valence-electron chi connectivity index (χ3n) is 4.49. The van der Waals surface area contributed by atoms with Crippen molar-refractivity contribution in [1.29, 1.82) is 0 Å². The molecule has 146 valence electrons. The Labute approximate surface area is 163 Å². The van der Waals surface area contributed by atoms with Gasteiger partial charge in [-0.05, 0) is 48.7 Å². The molecule has 8 heteroatoms. The van der Waals surface area contributed by atoms with Crippen LogP contribution in [-0.2, 0) is 21.1 Å². The van der Waals surface area contributed by atoms with Crippen LogP contribution in [0.2, 0.25) is 0 Å². The molecule has 2 atom stereocenters. The van der Waals surface area contributed by atoms with Crippen LogP contribution in [0.5, 0.6) is 5.75 Å². The van der Waals surface area contributed by atoms with Crippen molar-refractivity contribution in [3.05, 3.63) is 59.7 Å². The molecule has 1 aliphatic rings. The maximum atomic E-state index is 13.3. The lowest BCUT2D eigenvalue weighted by atomic mass is 9.95. The van der Waals surface area contributed by atoms with Crippen LogP contribution < -0.4 is 15.5 Å². The van der Waals surface area contributed by atoms with Crippen LogP contribution >= 0.6 is 0 Å². The van der Waals surface area contributed by atoms with E-state index in [4.69, 9.17) is 9.94 Å². The Kier molecular flexibility index (Phi) is 5.99. The van der Waals surface area contributed by atoms with E-state index < -0.39 is 27.2 Å². The molecule has 2 unspecified atom stereocenters. The molecule has 28 heavy (non-hydrogen) atoms. The van der Waals surface area contributed by atoms with Crippen LogP contribution in [0.15, 0.2) is 53.4 Å². The highest BCUT2D eigenvalue weighted by molar-refractivity contribution is 7.91. The lowest BCUT2D eigenvalue weighted by Gasteiger charge is -2.31. The zero-order valence-corrected chi connectivity index (χ0v) is 16.0. The van der Waals surface area contributed by atoms with Gasteiger partial charge in [-0.15, -0.1) is 5.92 Å². The van der Waals surface area contributed by atoms with Crippen molar-refractivity contribution in [1.82, 2.24) is 10.8 Å². The Morgan fingerprint density at radius 3 is 2.64 bits per heavy atom. The summed E-state index contributed by atoms with van der Waals surface area (Å²) in [5, 5.41) is 10.7. The molecule has 0 aliphatic carbocycles. The van der Waals surface area contributed by atoms with Crippen LogP contribution in [0.1, 0.15) is 23.4 Å². The summed E-state index contributed by atoms with van der Waals surface area (Å²) >= 11 is 0. The van der Waals surface area contributed by atoms with E-state index in [1.54, 1.807) is 48.8 Å². The molecule has 1 aliphatic heterocycles. The number of hydroxylamine groups is 1. The number of amides is 1. The SMILES string of the molecule is CC#CCOc1ccc(S(=O)(=O)C2NC(C(=O)NO)Cc3ccccc32)cc1. The Hall–Kier alpha value is -2.86. The third kappa shape index (κ3) is 4.02. The minimum absolute atomic E-state index is 0.0961. The molecular weight excluding hydrogens is 380 g/mol. The summed E-state index contributed by atoms with van der Waals surface area (Å²) in [4.78, 5) is 12.0. The molecule has 1 heterocycles. The maximum absolute atomic E-state index is 13.3. The number of benzene rings is 2. The van der Waals surface area contributed by atoms with Gasteiger partial charge in [0, 0.05) is 0 Å². The van der Waals surface area contributed by atoms with E-state index in [9.17, 15) is 13.2 Å². The molecule has 0 fully saturated rings. The highest BCUT2D eigenvalue weighted by Gasteiger charge is 2.38. The van der Waals surface area contributed by atoms with Gasteiger partial charge in [0.25, 0.3) is 5.91 Å². The largest absolute Gasteiger partial charge is 0.481 e. The van der Waals surface area contributed by atoms with E-state index in [-0.39, 0.29) is 17.9 Å². The fraction of sp³-hybridized carbons (Fsp3) is 0.250. The molecule has 0 bridgehead atoms. The topological polar surface area (TPSA) is 105 Å². The summed E-state index contributed by atoms with van der Waals surface area (Å²) in [6.07, 6.45) is 0.278. The average molecular weight is 400 g/mol. The normalized spacial score (nSPS) is 18.4. The summed E-state index contributed by atoms with van der Waals surface area (Å²) < 4.78 is 31.9. The first kappa shape index (κ1) is 19.9. The summed E-state index contributed by atoms with van der Waals surface area (Å²) in [6, 6.07) is 12.2. The molecule has 0 saturated carbocycles. The first-order chi connectivity index (χ1) is 13.5. The van der Waals surface area contributed by atoms with Crippen molar-refractivity contribution in [3.63, 3.8) is 0 Å². The Morgan fingerprint density at radius 1 is 1.25 bits per heavy atom. The Morgan fingerprint density at radius 2 is 1.96 bits per heavy atom. The van der Waals surface area contributed by atoms with Gasteiger partial charge in [0.15, 0.2) is 9.84 Å². The van der Waals surface area contributed by atoms with E-state index in [0.29, 0.717) is 11.3 Å². The number of rotatable bonds is 5. The van der Waals surface area contributed by atoms with Crippen molar-refractivity contribution in [2.24, 2.45) is 0 Å². The zero-order valence-electron chi connectivity index (χ0n) is 15.2. The van der Waals surface area contributed by atoms with E-state index in [1.807, 2.05) is 0 Å². The molecule has 1 amide bonds. The fourth-order valence-corrected chi connectivity index (χ4v) is 4.78. The molecule has 3 N–H and O–H groups in total. The highest BCUT2D eigenvalue weighted by atomic mass is 32.2. The van der Waals surface area contributed by atoms with E-state index in [0.717, 1.165) is 5.56 Å². The van der Waals surface area contributed by atoms with Gasteiger partial charge in [0.2, 0.25) is 0 Å². The second-order valence-corrected chi connectivity index (χ2v) is 8.24. The lowest BCUT2D eigenvalue weighted by Crippen LogP contribution is -2.50. The Balaban J connectivity index is 1.93. The third-order valence-corrected chi connectivity index (χ3v) is 6.43. The first-order valence-corrected chi connectivity index (χ1v) is 10.2. The molecule has 2 aromatic carbocycles. The van der Waals surface area contributed by atoms with Gasteiger partial charge in [-0.25, -0.2) is 13.9 Å². The Bertz CT molecular complexity index is 1020. The number of fused-ring (bicyclic) bond motifs is 1. The van der Waals surface area contributed by atoms with E-state index in [2.05, 4.69) is 17.2 Å². The second-order valence-electron chi connectivity index (χ2n) is 6.21. The summed E-state index contributed by atoms with van der Waals surface area (Å²) in [5.41, 5.74) is 2.91. The summed E-state index contributed by atoms with van der Waals surface area (Å²) in [6.45, 7) is 1.93. The van der Waals surface area contributed by atoms with Gasteiger partial charge < -0.3 is 4.74 Å². The molecule has 0 radical (unpaired) electrons. The number of ether oxygens (including phenoxy) is 1. The van der Waals surface area contributed by atoms with Crippen LogP contribution in [0.4, 0.5) is 0 Å². The van der Waals surface area contributed by atoms with Gasteiger partial charge in [-0.1, -0.05) is 30.2 Å². The first-order valence-electron chi connectivity index (χ1n) is 8.61. The van der Waals surface area contributed by atoms with Crippen LogP contribution in [0.3, 0.4) is 0 Å². The standard InChI is InChI=1S/C20H20N2O5S/c1-2-3-12-27-15-8-10-16(11-9-15)28(25,26)20-17-7-5-4-6-14(17)13-18(21-20)19(23)22-24/h4-11,18,20-21,24H,12-13H2,1H3,(H,22,23). The summed E-state index contributed by atoms with van der Waals surface area (Å²) in [5.74, 6) is 5.31. The number of hydrogen-bond donors (Lipinski definition) is 3. The minimum Gasteiger partial charge on any atom is -0.481 e. The smallest absolute Gasteiger partial charge is 0.260 e. The van der Waals surface area contributed by atoms with Crippen molar-refractivity contribution in [2.45, 2.75) is 29.7 Å². The molecular formula is C20H20N2O5S. The van der Waals surface area contributed by atoms with Gasteiger partial charge in [0.1, 0.15) is 17.7 Å². The van der Waals surface area contributed by atoms with Gasteiger partial charge in [-0.3, -0.25) is 15.3 Å². The minimum atomic E-state index is -3.85. The summed E-state index contributed by atoms with van der Waals surface area (Å²) in [7, 11) is -3.85. The molecule has 2 aromatic rings. The van der Waals surface area contributed by atoms with E-state index >= 15 is 0 Å². The van der Waals surface area contributed by atoms with Crippen molar-refractivity contribution < 1.29 is 23.2 Å². The number of carbonyl (C=O) groups excluding carboxylic acids is 1. The van der Waals surface area contributed by atoms with Crippen LogP contribution in [0.25, 0.3) is 0 Å². The molecule has 0 spiro atoms. The number of hydrogen-bond acceptors (Lipinski definition) is 6.